The van der Waals surface area contributed by atoms with Crippen molar-refractivity contribution in [2.24, 2.45) is 0 Å². The van der Waals surface area contributed by atoms with Gasteiger partial charge in [-0.3, -0.25) is 0 Å². The minimum absolute atomic E-state index is 0.147. The van der Waals surface area contributed by atoms with Gasteiger partial charge in [-0.05, 0) is 56.0 Å². The van der Waals surface area contributed by atoms with Crippen LogP contribution in [0.1, 0.15) is 52.7 Å². The van der Waals surface area contributed by atoms with E-state index in [1.54, 1.807) is 19.3 Å². The van der Waals surface area contributed by atoms with Crippen LogP contribution in [-0.4, -0.2) is 13.0 Å². The minimum Gasteiger partial charge on any atom is -0.744 e. The van der Waals surface area contributed by atoms with E-state index in [2.05, 4.69) is 90.1 Å². The van der Waals surface area contributed by atoms with Crippen LogP contribution in [-0.2, 0) is 20.9 Å². The van der Waals surface area contributed by atoms with Crippen LogP contribution in [0.15, 0.2) is 108 Å². The Labute approximate surface area is 254 Å². The van der Waals surface area contributed by atoms with E-state index in [-0.39, 0.29) is 36.9 Å². The first-order chi connectivity index (χ1) is 19.2. The molecule has 0 bridgehead atoms. The fourth-order valence-electron chi connectivity index (χ4n) is 5.34. The van der Waals surface area contributed by atoms with Crippen LogP contribution in [0.2, 0.25) is 0 Å². The van der Waals surface area contributed by atoms with Gasteiger partial charge in [0.05, 0.1) is 4.90 Å². The average Bonchev–Trinajstić information content (AvgIpc) is 2.91. The molecular weight excluding hydrogens is 639 g/mol. The van der Waals surface area contributed by atoms with Crippen molar-refractivity contribution >= 4 is 42.4 Å². The molecule has 0 aliphatic heterocycles. The zero-order valence-corrected chi connectivity index (χ0v) is 27.3. The lowest BCUT2D eigenvalue weighted by atomic mass is 9.87. The summed E-state index contributed by atoms with van der Waals surface area (Å²) in [6.07, 6.45) is 0. The summed E-state index contributed by atoms with van der Waals surface area (Å²) in [5.74, 6) is 0. The molecule has 0 saturated heterocycles. The van der Waals surface area contributed by atoms with Crippen LogP contribution in [0.25, 0.3) is 32.3 Å². The number of hydrogen-bond acceptors (Lipinski definition) is 3. The largest absolute Gasteiger partial charge is 0.744 e. The lowest BCUT2D eigenvalue weighted by Gasteiger charge is -2.20. The van der Waals surface area contributed by atoms with Crippen LogP contribution in [0.5, 0.6) is 0 Å². The molecule has 0 N–H and O–H groups in total. The van der Waals surface area contributed by atoms with Crippen LogP contribution in [0.3, 0.4) is 0 Å². The van der Waals surface area contributed by atoms with Gasteiger partial charge in [0.15, 0.2) is 7.14 Å². The highest BCUT2D eigenvalue weighted by molar-refractivity contribution is 7.86. The van der Waals surface area contributed by atoms with E-state index in [1.807, 2.05) is 36.4 Å². The highest BCUT2D eigenvalue weighted by Gasteiger charge is 2.31. The molecule has 210 valence electrons. The summed E-state index contributed by atoms with van der Waals surface area (Å²) < 4.78 is 37.4. The third-order valence-electron chi connectivity index (χ3n) is 7.33. The average molecular weight is 675 g/mol. The Hall–Kier alpha value is -3.00. The van der Waals surface area contributed by atoms with Gasteiger partial charge in [0, 0.05) is 16.5 Å². The van der Waals surface area contributed by atoms with Gasteiger partial charge < -0.3 is 4.55 Å². The highest BCUT2D eigenvalue weighted by Crippen LogP contribution is 2.37. The molecule has 0 amide bonds. The van der Waals surface area contributed by atoms with E-state index in [9.17, 15) is 13.0 Å². The van der Waals surface area contributed by atoms with Gasteiger partial charge in [-0.2, -0.15) is 0 Å². The van der Waals surface area contributed by atoms with E-state index >= 15 is 0 Å². The fourth-order valence-corrected chi connectivity index (χ4v) is 9.97. The van der Waals surface area contributed by atoms with Crippen molar-refractivity contribution in [1.82, 2.24) is 0 Å². The summed E-state index contributed by atoms with van der Waals surface area (Å²) in [6.45, 7) is 13.9. The summed E-state index contributed by atoms with van der Waals surface area (Å²) in [6, 6.07) is 34.5. The summed E-state index contributed by atoms with van der Waals surface area (Å²) in [7, 11) is -4.48. The maximum Gasteiger partial charge on any atom is 0.358 e. The zero-order valence-electron chi connectivity index (χ0n) is 24.3. The van der Waals surface area contributed by atoms with Crippen molar-refractivity contribution in [3.8, 4) is 0 Å². The normalized spacial score (nSPS) is 12.6. The second-order valence-electron chi connectivity index (χ2n) is 12.4. The van der Waals surface area contributed by atoms with Gasteiger partial charge >= 0.3 is 21.2 Å². The number of halogens is 1. The van der Waals surface area contributed by atoms with E-state index in [0.717, 1.165) is 26.9 Å². The monoisotopic (exact) mass is 674 g/mol. The van der Waals surface area contributed by atoms with Crippen molar-refractivity contribution < 1.29 is 34.2 Å². The molecular formula is C36H35IO3S. The summed E-state index contributed by atoms with van der Waals surface area (Å²) in [5, 5.41) is 5.38. The molecule has 3 nitrogen and oxygen atoms in total. The maximum atomic E-state index is 11.4. The van der Waals surface area contributed by atoms with Crippen molar-refractivity contribution in [2.75, 3.05) is 0 Å². The second kappa shape index (κ2) is 11.0. The van der Waals surface area contributed by atoms with Crippen LogP contribution in [0.4, 0.5) is 0 Å². The molecule has 41 heavy (non-hydrogen) atoms. The van der Waals surface area contributed by atoms with Gasteiger partial charge in [-0.1, -0.05) is 126 Å². The van der Waals surface area contributed by atoms with Gasteiger partial charge in [-0.25, -0.2) is 8.42 Å². The third-order valence-corrected chi connectivity index (χ3v) is 11.3. The maximum absolute atomic E-state index is 11.4. The number of hydrogen-bond donors (Lipinski definition) is 0. The number of benzene rings is 6. The van der Waals surface area contributed by atoms with Gasteiger partial charge in [0.1, 0.15) is 10.1 Å². The molecule has 0 aliphatic carbocycles. The quantitative estimate of drug-likeness (QED) is 0.134. The molecule has 0 aromatic heterocycles. The Bertz CT molecular complexity index is 1890. The van der Waals surface area contributed by atoms with Crippen molar-refractivity contribution in [3.63, 3.8) is 0 Å². The summed E-state index contributed by atoms with van der Waals surface area (Å²) >= 11 is -0.147. The molecule has 5 heteroatoms. The Balaban J connectivity index is 0.000000165. The molecule has 0 heterocycles. The first-order valence-corrected chi connectivity index (χ1v) is 17.3. The second-order valence-corrected chi connectivity index (χ2v) is 16.6. The molecule has 0 unspecified atom stereocenters. The molecule has 0 atom stereocenters. The third kappa shape index (κ3) is 6.13. The van der Waals surface area contributed by atoms with Crippen molar-refractivity contribution in [1.29, 1.82) is 0 Å². The Morgan fingerprint density at radius 1 is 0.537 bits per heavy atom. The van der Waals surface area contributed by atoms with E-state index in [4.69, 9.17) is 0 Å². The molecule has 6 rings (SSSR count). The number of rotatable bonds is 3. The fraction of sp³-hybridized carbons (Fsp3) is 0.222. The SMILES string of the molecule is CC(C)(C)c1ccccc1[I+]c1ccccc1C(C)(C)C.O=S(=O)([O-])c1ccc2ccc3cccc4ccc1c2c34. The van der Waals surface area contributed by atoms with Crippen molar-refractivity contribution in [3.05, 3.63) is 121 Å². The lowest BCUT2D eigenvalue weighted by Crippen LogP contribution is -3.62. The highest BCUT2D eigenvalue weighted by atomic mass is 127. The predicted molar refractivity (Wildman–Crippen MR) is 166 cm³/mol. The van der Waals surface area contributed by atoms with Gasteiger partial charge in [-0.15, -0.1) is 0 Å². The Morgan fingerprint density at radius 3 is 1.46 bits per heavy atom. The predicted octanol–water partition coefficient (Wildman–Crippen LogP) is 5.90. The first-order valence-electron chi connectivity index (χ1n) is 13.7. The smallest absolute Gasteiger partial charge is 0.358 e. The van der Waals surface area contributed by atoms with Crippen LogP contribution < -0.4 is 21.2 Å². The van der Waals surface area contributed by atoms with E-state index in [1.165, 1.54) is 17.2 Å². The van der Waals surface area contributed by atoms with Crippen molar-refractivity contribution in [2.45, 2.75) is 57.3 Å². The van der Waals surface area contributed by atoms with Crippen LogP contribution >= 0.6 is 0 Å². The first kappa shape index (κ1) is 29.5. The summed E-state index contributed by atoms with van der Waals surface area (Å²) in [4.78, 5) is -0.150. The van der Waals surface area contributed by atoms with E-state index < -0.39 is 10.1 Å². The Kier molecular flexibility index (Phi) is 7.92. The molecule has 0 saturated carbocycles. The standard InChI is InChI=1S/C20H26I.C16H10O3S/c1-19(2,3)15-11-7-9-13-17(15)21-18-14-10-8-12-16(18)20(4,5)6;17-20(18,19)14-9-7-12-5-4-10-2-1-3-11-6-8-13(14)16(12)15(10)11/h7-14H,1-6H3;1-9H,(H,17,18,19)/q+1;/p-1. The summed E-state index contributed by atoms with van der Waals surface area (Å²) in [5.41, 5.74) is 3.43. The topological polar surface area (TPSA) is 57.2 Å². The Morgan fingerprint density at radius 2 is 0.976 bits per heavy atom. The zero-order chi connectivity index (χ0) is 29.6. The molecule has 6 aromatic rings. The van der Waals surface area contributed by atoms with E-state index in [0.29, 0.717) is 5.39 Å². The molecule has 0 aliphatic rings. The van der Waals surface area contributed by atoms with Crippen LogP contribution in [0, 0.1) is 7.14 Å². The molecule has 6 aromatic carbocycles. The lowest BCUT2D eigenvalue weighted by molar-refractivity contribution is -0.599. The van der Waals surface area contributed by atoms with Gasteiger partial charge in [0.25, 0.3) is 0 Å². The minimum atomic E-state index is -4.48. The molecule has 0 fully saturated rings. The molecule has 0 spiro atoms. The molecule has 0 radical (unpaired) electrons. The van der Waals surface area contributed by atoms with Gasteiger partial charge in [0.2, 0.25) is 0 Å².